The quantitative estimate of drug-likeness (QED) is 0.188. The van der Waals surface area contributed by atoms with Gasteiger partial charge in [0.1, 0.15) is 16.8 Å². The van der Waals surface area contributed by atoms with Crippen molar-refractivity contribution < 1.29 is 4.42 Å². The van der Waals surface area contributed by atoms with E-state index < -0.39 is 0 Å². The highest BCUT2D eigenvalue weighted by molar-refractivity contribution is 6.11. The number of hydrogen-bond donors (Lipinski definition) is 0. The molecule has 0 atom stereocenters. The van der Waals surface area contributed by atoms with Gasteiger partial charge in [-0.25, -0.2) is 9.97 Å². The van der Waals surface area contributed by atoms with E-state index in [9.17, 15) is 0 Å². The smallest absolute Gasteiger partial charge is 0.180 e. The average molecular weight is 567 g/mol. The van der Waals surface area contributed by atoms with E-state index in [4.69, 9.17) is 14.4 Å². The summed E-state index contributed by atoms with van der Waals surface area (Å²) in [5.41, 5.74) is 10.1. The molecule has 5 nitrogen and oxygen atoms in total. The molecule has 0 saturated carbocycles. The first-order valence-electron chi connectivity index (χ1n) is 14.4. The van der Waals surface area contributed by atoms with Crippen molar-refractivity contribution in [2.45, 2.75) is 0 Å². The van der Waals surface area contributed by atoms with Crippen LogP contribution in [0.1, 0.15) is 5.56 Å². The van der Waals surface area contributed by atoms with Crippen LogP contribution >= 0.6 is 0 Å². The monoisotopic (exact) mass is 566 g/mol. The topological polar surface area (TPSA) is 56.7 Å². The Bertz CT molecular complexity index is 2410. The molecule has 0 radical (unpaired) electrons. The lowest BCUT2D eigenvalue weighted by Crippen LogP contribution is -1.95. The number of furan rings is 1. The van der Waals surface area contributed by atoms with E-state index in [-0.39, 0.29) is 0 Å². The molecule has 208 valence electrons. The van der Waals surface area contributed by atoms with Crippen molar-refractivity contribution in [3.63, 3.8) is 0 Å². The van der Waals surface area contributed by atoms with Crippen molar-refractivity contribution in [1.82, 2.24) is 19.5 Å². The van der Waals surface area contributed by atoms with Crippen LogP contribution in [0.15, 0.2) is 151 Å². The minimum atomic E-state index is 0.657. The van der Waals surface area contributed by atoms with Gasteiger partial charge in [-0.2, -0.15) is 0 Å². The summed E-state index contributed by atoms with van der Waals surface area (Å²) in [6.45, 7) is 7.86. The normalized spacial score (nSPS) is 12.0. The van der Waals surface area contributed by atoms with Crippen LogP contribution in [0.3, 0.4) is 0 Å². The molecule has 4 aromatic carbocycles. The number of pyridine rings is 1. The van der Waals surface area contributed by atoms with E-state index in [1.807, 2.05) is 79.1 Å². The van der Waals surface area contributed by atoms with Gasteiger partial charge in [0.15, 0.2) is 11.4 Å². The Morgan fingerprint density at radius 3 is 2.30 bits per heavy atom. The fourth-order valence-electron chi connectivity index (χ4n) is 6.01. The molecule has 0 saturated heterocycles. The van der Waals surface area contributed by atoms with E-state index >= 15 is 0 Å². The Balaban J connectivity index is 1.40. The van der Waals surface area contributed by atoms with Gasteiger partial charge in [0.25, 0.3) is 0 Å². The van der Waals surface area contributed by atoms with Crippen LogP contribution in [0, 0.1) is 0 Å². The van der Waals surface area contributed by atoms with Gasteiger partial charge in [-0.3, -0.25) is 4.98 Å². The zero-order chi connectivity index (χ0) is 29.6. The Hall–Kier alpha value is -6.07. The molecule has 44 heavy (non-hydrogen) atoms. The fourth-order valence-corrected chi connectivity index (χ4v) is 6.01. The van der Waals surface area contributed by atoms with Crippen LogP contribution in [-0.4, -0.2) is 19.5 Å². The van der Waals surface area contributed by atoms with Gasteiger partial charge >= 0.3 is 0 Å². The molecule has 4 heterocycles. The summed E-state index contributed by atoms with van der Waals surface area (Å²) in [7, 11) is 0. The van der Waals surface area contributed by atoms with E-state index in [2.05, 4.69) is 71.2 Å². The summed E-state index contributed by atoms with van der Waals surface area (Å²) < 4.78 is 8.74. The lowest BCUT2D eigenvalue weighted by molar-refractivity contribution is 0.667. The molecule has 0 unspecified atom stereocenters. The Labute approximate surface area is 253 Å². The number of aromatic nitrogens is 4. The van der Waals surface area contributed by atoms with Gasteiger partial charge in [0.2, 0.25) is 0 Å². The van der Waals surface area contributed by atoms with Gasteiger partial charge in [-0.15, -0.1) is 0 Å². The summed E-state index contributed by atoms with van der Waals surface area (Å²) >= 11 is 0. The molecule has 8 aromatic rings. The summed E-state index contributed by atoms with van der Waals surface area (Å²) in [4.78, 5) is 14.6. The van der Waals surface area contributed by atoms with Crippen LogP contribution in [-0.2, 0) is 0 Å². The number of hydrogen-bond acceptors (Lipinski definition) is 4. The molecule has 0 spiro atoms. The maximum atomic E-state index is 6.48. The van der Waals surface area contributed by atoms with Crippen molar-refractivity contribution in [1.29, 1.82) is 0 Å². The standard InChI is InChI=1S/C39H26N4O/c1-3-11-25(4-2)28-16-18-33-31(22-28)30-20-21-40-24-34(30)43(33)29-17-19-35-32(23-29)37-38(44-35)36(26-12-7-5-8-13-26)41-39(42-37)27-14-9-6-10-15-27/h3-24H,1-2H2/b25-11+. The number of benzene rings is 4. The first-order chi connectivity index (χ1) is 21.7. The average Bonchev–Trinajstić information content (AvgIpc) is 3.62. The van der Waals surface area contributed by atoms with Crippen molar-refractivity contribution in [2.75, 3.05) is 0 Å². The summed E-state index contributed by atoms with van der Waals surface area (Å²) in [5, 5.41) is 3.18. The first-order valence-corrected chi connectivity index (χ1v) is 14.4. The summed E-state index contributed by atoms with van der Waals surface area (Å²) in [6, 6.07) is 35.0. The highest BCUT2D eigenvalue weighted by Crippen LogP contribution is 2.38. The number of fused-ring (bicyclic) bond motifs is 6. The molecule has 0 N–H and O–H groups in total. The number of nitrogens with zero attached hydrogens (tertiary/aromatic N) is 4. The molecule has 0 bridgehead atoms. The van der Waals surface area contributed by atoms with E-state index in [0.29, 0.717) is 11.4 Å². The predicted octanol–water partition coefficient (Wildman–Crippen LogP) is 9.96. The Kier molecular flexibility index (Phi) is 6.02. The maximum Gasteiger partial charge on any atom is 0.180 e. The summed E-state index contributed by atoms with van der Waals surface area (Å²) in [5.74, 6) is 0.657. The molecule has 8 rings (SSSR count). The lowest BCUT2D eigenvalue weighted by Gasteiger charge is -2.09. The molecule has 0 aliphatic heterocycles. The van der Waals surface area contributed by atoms with E-state index in [0.717, 1.165) is 71.9 Å². The third-order valence-electron chi connectivity index (χ3n) is 8.05. The highest BCUT2D eigenvalue weighted by Gasteiger charge is 2.20. The van der Waals surface area contributed by atoms with E-state index in [1.165, 1.54) is 0 Å². The first kappa shape index (κ1) is 25.6. The van der Waals surface area contributed by atoms with Gasteiger partial charge in [0, 0.05) is 39.2 Å². The van der Waals surface area contributed by atoms with Gasteiger partial charge < -0.3 is 8.98 Å². The fraction of sp³-hybridized carbons (Fsp3) is 0. The molecule has 0 aliphatic rings. The zero-order valence-corrected chi connectivity index (χ0v) is 23.8. The second kappa shape index (κ2) is 10.3. The third kappa shape index (κ3) is 4.06. The minimum Gasteiger partial charge on any atom is -0.452 e. The molecule has 5 heteroatoms. The maximum absolute atomic E-state index is 6.48. The highest BCUT2D eigenvalue weighted by atomic mass is 16.3. The second-order valence-corrected chi connectivity index (χ2v) is 10.6. The van der Waals surface area contributed by atoms with Crippen molar-refractivity contribution >= 4 is 49.4 Å². The molecule has 0 aliphatic carbocycles. The molecule has 0 amide bonds. The number of rotatable bonds is 6. The van der Waals surface area contributed by atoms with Crippen LogP contribution in [0.5, 0.6) is 0 Å². The van der Waals surface area contributed by atoms with Crippen LogP contribution in [0.2, 0.25) is 0 Å². The van der Waals surface area contributed by atoms with Gasteiger partial charge in [0.05, 0.1) is 17.2 Å². The summed E-state index contributed by atoms with van der Waals surface area (Å²) in [6.07, 6.45) is 9.38. The van der Waals surface area contributed by atoms with Crippen molar-refractivity contribution in [3.8, 4) is 28.3 Å². The Morgan fingerprint density at radius 1 is 0.727 bits per heavy atom. The van der Waals surface area contributed by atoms with Crippen LogP contribution in [0.4, 0.5) is 0 Å². The Morgan fingerprint density at radius 2 is 1.52 bits per heavy atom. The van der Waals surface area contributed by atoms with Gasteiger partial charge in [-0.1, -0.05) is 98.1 Å². The van der Waals surface area contributed by atoms with Crippen molar-refractivity contribution in [2.24, 2.45) is 0 Å². The molecular weight excluding hydrogens is 540 g/mol. The van der Waals surface area contributed by atoms with Crippen LogP contribution < -0.4 is 0 Å². The SMILES string of the molecule is C=C/C=C(\C=C)c1ccc2c(c1)c1ccncc1n2-c1ccc2oc3c(-c4ccccc4)nc(-c4ccccc4)nc3c2c1. The number of allylic oxidation sites excluding steroid dienone is 4. The largest absolute Gasteiger partial charge is 0.452 e. The molecule has 0 fully saturated rings. The predicted molar refractivity (Wildman–Crippen MR) is 181 cm³/mol. The zero-order valence-electron chi connectivity index (χ0n) is 23.8. The molecular formula is C39H26N4O. The van der Waals surface area contributed by atoms with Gasteiger partial charge in [-0.05, 0) is 47.5 Å². The third-order valence-corrected chi connectivity index (χ3v) is 8.05. The van der Waals surface area contributed by atoms with Crippen molar-refractivity contribution in [3.05, 3.63) is 152 Å². The molecule has 4 aromatic heterocycles. The van der Waals surface area contributed by atoms with Crippen LogP contribution in [0.25, 0.3) is 77.8 Å². The minimum absolute atomic E-state index is 0.657. The second-order valence-electron chi connectivity index (χ2n) is 10.6. The van der Waals surface area contributed by atoms with E-state index in [1.54, 1.807) is 6.08 Å². The lowest BCUT2D eigenvalue weighted by atomic mass is 10.0.